The molecule has 9 nitrogen and oxygen atoms in total. The first-order chi connectivity index (χ1) is 14.8. The predicted molar refractivity (Wildman–Crippen MR) is 116 cm³/mol. The number of halogens is 1. The Bertz CT molecular complexity index is 1040. The van der Waals surface area contributed by atoms with E-state index in [0.29, 0.717) is 36.6 Å². The van der Waals surface area contributed by atoms with Crippen molar-refractivity contribution in [3.63, 3.8) is 0 Å². The fraction of sp³-hybridized carbons (Fsp3) is 0.526. The third kappa shape index (κ3) is 4.62. The minimum absolute atomic E-state index is 0.0503. The van der Waals surface area contributed by atoms with Crippen molar-refractivity contribution in [3.05, 3.63) is 40.1 Å². The quantitative estimate of drug-likeness (QED) is 0.611. The summed E-state index contributed by atoms with van der Waals surface area (Å²) >= 11 is 1.19. The van der Waals surface area contributed by atoms with Crippen LogP contribution >= 0.6 is 11.3 Å². The van der Waals surface area contributed by atoms with E-state index >= 15 is 0 Å². The van der Waals surface area contributed by atoms with Crippen LogP contribution in [0.15, 0.2) is 24.3 Å². The number of amides is 1. The number of hydrogen-bond acceptors (Lipinski definition) is 8. The highest BCUT2D eigenvalue weighted by molar-refractivity contribution is 7.89. The normalized spacial score (nSPS) is 25.6. The maximum Gasteiger partial charge on any atom is 0.286 e. The number of rotatable bonds is 5. The van der Waals surface area contributed by atoms with E-state index in [0.717, 1.165) is 0 Å². The highest BCUT2D eigenvalue weighted by atomic mass is 32.2. The molecule has 2 saturated heterocycles. The maximum absolute atomic E-state index is 13.3. The van der Waals surface area contributed by atoms with Gasteiger partial charge >= 0.3 is 0 Å². The van der Waals surface area contributed by atoms with Gasteiger partial charge in [-0.1, -0.05) is 17.4 Å². The summed E-state index contributed by atoms with van der Waals surface area (Å²) in [5, 5.41) is 11.1. The molecule has 0 spiro atoms. The summed E-state index contributed by atoms with van der Waals surface area (Å²) in [4.78, 5) is 12.4. The standard InChI is InChI=1S/C19H25FN6O3S2/c1-11-16(12(2)23-22-11)31(28,29)26-8-6-13(7-9-26)18-24-25-19(30-18)17(27)21-15-5-3-4-14(20)10-15/h3-5,10-13,16,22-23H,6-9H2,1-2H3,(H,21,27). The van der Waals surface area contributed by atoms with Crippen LogP contribution in [-0.4, -0.2) is 59.3 Å². The van der Waals surface area contributed by atoms with E-state index in [9.17, 15) is 17.6 Å². The van der Waals surface area contributed by atoms with E-state index in [1.54, 1.807) is 10.4 Å². The summed E-state index contributed by atoms with van der Waals surface area (Å²) in [6.07, 6.45) is 1.24. The Morgan fingerprint density at radius 1 is 1.19 bits per heavy atom. The number of sulfonamides is 1. The van der Waals surface area contributed by atoms with Gasteiger partial charge in [0.05, 0.1) is 0 Å². The van der Waals surface area contributed by atoms with Gasteiger partial charge in [0.2, 0.25) is 15.0 Å². The van der Waals surface area contributed by atoms with Crippen molar-refractivity contribution in [3.8, 4) is 0 Å². The highest BCUT2D eigenvalue weighted by Crippen LogP contribution is 2.33. The first-order valence-electron chi connectivity index (χ1n) is 10.2. The predicted octanol–water partition coefficient (Wildman–Crippen LogP) is 1.69. The molecule has 31 heavy (non-hydrogen) atoms. The lowest BCUT2D eigenvalue weighted by Crippen LogP contribution is -2.49. The molecule has 1 aromatic carbocycles. The molecule has 0 radical (unpaired) electrons. The van der Waals surface area contributed by atoms with Crippen LogP contribution in [0, 0.1) is 5.82 Å². The van der Waals surface area contributed by atoms with Crippen LogP contribution in [0.4, 0.5) is 10.1 Å². The summed E-state index contributed by atoms with van der Waals surface area (Å²) in [5.41, 5.74) is 6.35. The molecule has 0 aliphatic carbocycles. The van der Waals surface area contributed by atoms with Crippen molar-refractivity contribution in [2.75, 3.05) is 18.4 Å². The van der Waals surface area contributed by atoms with E-state index in [1.165, 1.54) is 29.5 Å². The molecule has 2 aliphatic heterocycles. The summed E-state index contributed by atoms with van der Waals surface area (Å²) < 4.78 is 41.0. The molecule has 1 aromatic heterocycles. The van der Waals surface area contributed by atoms with Crippen molar-refractivity contribution in [2.24, 2.45) is 0 Å². The first kappa shape index (κ1) is 22.2. The topological polar surface area (TPSA) is 116 Å². The highest BCUT2D eigenvalue weighted by Gasteiger charge is 2.44. The van der Waals surface area contributed by atoms with Gasteiger partial charge in [0.15, 0.2) is 0 Å². The summed E-state index contributed by atoms with van der Waals surface area (Å²) in [5.74, 6) is -0.835. The lowest BCUT2D eigenvalue weighted by atomic mass is 9.99. The molecule has 1 amide bonds. The van der Waals surface area contributed by atoms with Gasteiger partial charge in [-0.15, -0.1) is 10.2 Å². The van der Waals surface area contributed by atoms with E-state index in [-0.39, 0.29) is 23.0 Å². The van der Waals surface area contributed by atoms with Crippen molar-refractivity contribution in [1.29, 1.82) is 0 Å². The zero-order valence-corrected chi connectivity index (χ0v) is 18.8. The third-order valence-corrected chi connectivity index (χ3v) is 9.42. The molecule has 2 unspecified atom stereocenters. The molecule has 2 atom stereocenters. The number of carbonyl (C=O) groups is 1. The lowest BCUT2D eigenvalue weighted by molar-refractivity contribution is 0.102. The molecule has 168 valence electrons. The van der Waals surface area contributed by atoms with Crippen LogP contribution in [0.5, 0.6) is 0 Å². The Morgan fingerprint density at radius 2 is 1.87 bits per heavy atom. The van der Waals surface area contributed by atoms with E-state index in [2.05, 4.69) is 26.4 Å². The van der Waals surface area contributed by atoms with Gasteiger partial charge in [-0.05, 0) is 44.9 Å². The molecule has 2 fully saturated rings. The molecular formula is C19H25FN6O3S2. The lowest BCUT2D eigenvalue weighted by Gasteiger charge is -2.33. The SMILES string of the molecule is CC1NNC(C)C1S(=O)(=O)N1CCC(c2nnc(C(=O)Nc3cccc(F)c3)s2)CC1. The largest absolute Gasteiger partial charge is 0.320 e. The summed E-state index contributed by atoms with van der Waals surface area (Å²) in [6, 6.07) is 5.30. The molecule has 3 N–H and O–H groups in total. The zero-order chi connectivity index (χ0) is 22.2. The van der Waals surface area contributed by atoms with E-state index in [1.807, 2.05) is 13.8 Å². The fourth-order valence-corrected chi connectivity index (χ4v) is 7.29. The van der Waals surface area contributed by atoms with Crippen molar-refractivity contribution in [1.82, 2.24) is 25.4 Å². The van der Waals surface area contributed by atoms with Gasteiger partial charge in [0.25, 0.3) is 5.91 Å². The number of nitrogens with zero attached hydrogens (tertiary/aromatic N) is 3. The molecule has 2 aliphatic rings. The van der Waals surface area contributed by atoms with E-state index in [4.69, 9.17) is 0 Å². The number of hydrazine groups is 1. The van der Waals surface area contributed by atoms with Crippen molar-refractivity contribution < 1.29 is 17.6 Å². The second-order valence-corrected chi connectivity index (χ2v) is 11.1. The monoisotopic (exact) mass is 468 g/mol. The van der Waals surface area contributed by atoms with Gasteiger partial charge in [-0.2, -0.15) is 0 Å². The van der Waals surface area contributed by atoms with Gasteiger partial charge in [0.1, 0.15) is 16.1 Å². The Morgan fingerprint density at radius 3 is 2.52 bits per heavy atom. The number of hydrogen-bond donors (Lipinski definition) is 3. The molecule has 4 rings (SSSR count). The zero-order valence-electron chi connectivity index (χ0n) is 17.2. The fourth-order valence-electron chi connectivity index (χ4n) is 4.15. The average molecular weight is 469 g/mol. The van der Waals surface area contributed by atoms with Crippen molar-refractivity contribution in [2.45, 2.75) is 49.9 Å². The Balaban J connectivity index is 1.37. The maximum atomic E-state index is 13.3. The average Bonchev–Trinajstić information content (AvgIpc) is 3.35. The van der Waals surface area contributed by atoms with Crippen molar-refractivity contribution >= 4 is 33.0 Å². The number of benzene rings is 1. The minimum atomic E-state index is -3.43. The molecular weight excluding hydrogens is 443 g/mol. The molecule has 2 aromatic rings. The molecule has 0 saturated carbocycles. The number of aromatic nitrogens is 2. The van der Waals surface area contributed by atoms with Gasteiger partial charge in [-0.25, -0.2) is 17.1 Å². The number of anilines is 1. The second-order valence-electron chi connectivity index (χ2n) is 7.96. The van der Waals surface area contributed by atoms with Crippen LogP contribution in [0.25, 0.3) is 0 Å². The van der Waals surface area contributed by atoms with Crippen LogP contribution < -0.4 is 16.2 Å². The van der Waals surface area contributed by atoms with Crippen LogP contribution in [0.3, 0.4) is 0 Å². The number of carbonyl (C=O) groups excluding carboxylic acids is 1. The summed E-state index contributed by atoms with van der Waals surface area (Å²) in [6.45, 7) is 4.55. The van der Waals surface area contributed by atoms with Gasteiger partial charge in [0, 0.05) is 36.8 Å². The van der Waals surface area contributed by atoms with E-state index < -0.39 is 27.0 Å². The Hall–Kier alpha value is -1.99. The Labute approximate surface area is 184 Å². The Kier molecular flexibility index (Phi) is 6.35. The third-order valence-electron chi connectivity index (χ3n) is 5.75. The number of piperidine rings is 1. The first-order valence-corrected chi connectivity index (χ1v) is 12.5. The van der Waals surface area contributed by atoms with Gasteiger partial charge < -0.3 is 5.32 Å². The molecule has 0 bridgehead atoms. The number of nitrogens with one attached hydrogen (secondary N) is 3. The smallest absolute Gasteiger partial charge is 0.286 e. The molecule has 12 heteroatoms. The van der Waals surface area contributed by atoms with Crippen LogP contribution in [-0.2, 0) is 10.0 Å². The van der Waals surface area contributed by atoms with Crippen LogP contribution in [0.2, 0.25) is 0 Å². The molecule has 3 heterocycles. The van der Waals surface area contributed by atoms with Crippen LogP contribution in [0.1, 0.15) is 47.4 Å². The minimum Gasteiger partial charge on any atom is -0.320 e. The van der Waals surface area contributed by atoms with Gasteiger partial charge in [-0.3, -0.25) is 15.6 Å². The second kappa shape index (κ2) is 8.87. The summed E-state index contributed by atoms with van der Waals surface area (Å²) in [7, 11) is -3.43.